The highest BCUT2D eigenvalue weighted by atomic mass is 16.5. The molecule has 0 saturated carbocycles. The molecule has 0 spiro atoms. The standard InChI is InChI=1S/C29H40N4O5/c1-6-8-11-33(5)16-22-10-9-21(12-18(22)3)29-31-28(32-38-29)23-13-19(4)26(20(7-2)14-23)37-17-24(34)15-25(35)27(30)36/h9-10,12-14,24-25,34-35H,6-8,11,15-17H2,1-5H3,(H2,30,36)/t24-,25?/m0/s1. The first-order valence-electron chi connectivity index (χ1n) is 13.2. The Labute approximate surface area is 224 Å². The molecule has 0 saturated heterocycles. The van der Waals surface area contributed by atoms with Crippen molar-refractivity contribution in [1.82, 2.24) is 15.0 Å². The second-order valence-electron chi connectivity index (χ2n) is 9.91. The summed E-state index contributed by atoms with van der Waals surface area (Å²) in [7, 11) is 2.15. The smallest absolute Gasteiger partial charge is 0.258 e. The molecule has 38 heavy (non-hydrogen) atoms. The highest BCUT2D eigenvalue weighted by molar-refractivity contribution is 5.78. The number of aromatic nitrogens is 2. The zero-order valence-corrected chi connectivity index (χ0v) is 23.0. The van der Waals surface area contributed by atoms with Crippen LogP contribution < -0.4 is 10.5 Å². The van der Waals surface area contributed by atoms with Crippen LogP contribution in [0.2, 0.25) is 0 Å². The number of amides is 1. The van der Waals surface area contributed by atoms with Crippen LogP contribution in [0, 0.1) is 13.8 Å². The van der Waals surface area contributed by atoms with Crippen LogP contribution >= 0.6 is 0 Å². The maximum absolute atomic E-state index is 11.0. The summed E-state index contributed by atoms with van der Waals surface area (Å²) in [5.74, 6) is 0.707. The van der Waals surface area contributed by atoms with Crippen LogP contribution in [0.4, 0.5) is 0 Å². The Balaban J connectivity index is 1.74. The number of carbonyl (C=O) groups is 1. The first-order valence-corrected chi connectivity index (χ1v) is 13.2. The number of nitrogens with zero attached hydrogens (tertiary/aromatic N) is 3. The summed E-state index contributed by atoms with van der Waals surface area (Å²) in [6.07, 6.45) is 0.421. The van der Waals surface area contributed by atoms with Crippen molar-refractivity contribution in [3.05, 3.63) is 52.6 Å². The summed E-state index contributed by atoms with van der Waals surface area (Å²) in [4.78, 5) is 18.0. The Morgan fingerprint density at radius 1 is 1.11 bits per heavy atom. The van der Waals surface area contributed by atoms with Crippen molar-refractivity contribution < 1.29 is 24.3 Å². The average Bonchev–Trinajstić information content (AvgIpc) is 3.37. The molecule has 3 aromatic rings. The number of carbonyl (C=O) groups excluding carboxylic acids is 1. The van der Waals surface area contributed by atoms with Crippen molar-refractivity contribution in [2.24, 2.45) is 5.73 Å². The van der Waals surface area contributed by atoms with Gasteiger partial charge in [0.05, 0.1) is 6.10 Å². The van der Waals surface area contributed by atoms with E-state index in [0.717, 1.165) is 35.3 Å². The van der Waals surface area contributed by atoms with Crippen molar-refractivity contribution in [2.45, 2.75) is 72.1 Å². The van der Waals surface area contributed by atoms with E-state index in [-0.39, 0.29) is 13.0 Å². The van der Waals surface area contributed by atoms with E-state index in [2.05, 4.69) is 48.1 Å². The molecular formula is C29H40N4O5. The quantitative estimate of drug-likeness (QED) is 0.290. The zero-order valence-electron chi connectivity index (χ0n) is 23.0. The number of aliphatic hydroxyl groups excluding tert-OH is 2. The number of unbranched alkanes of at least 4 members (excludes halogenated alkanes) is 1. The highest BCUT2D eigenvalue weighted by Crippen LogP contribution is 2.31. The lowest BCUT2D eigenvalue weighted by Gasteiger charge is -2.18. The SMILES string of the molecule is CCCCN(C)Cc1ccc(-c2nc(-c3cc(C)c(OC[C@@H](O)CC(O)C(N)=O)c(CC)c3)no2)cc1C. The Kier molecular flexibility index (Phi) is 10.4. The molecule has 4 N–H and O–H groups in total. The predicted molar refractivity (Wildman–Crippen MR) is 147 cm³/mol. The van der Waals surface area contributed by atoms with Crippen molar-refractivity contribution in [3.8, 4) is 28.6 Å². The van der Waals surface area contributed by atoms with Gasteiger partial charge in [-0.1, -0.05) is 31.5 Å². The number of aryl methyl sites for hydroxylation is 3. The predicted octanol–water partition coefficient (Wildman–Crippen LogP) is 3.79. The lowest BCUT2D eigenvalue weighted by molar-refractivity contribution is -0.127. The van der Waals surface area contributed by atoms with Gasteiger partial charge in [-0.15, -0.1) is 0 Å². The first kappa shape index (κ1) is 29.3. The third-order valence-corrected chi connectivity index (χ3v) is 6.58. The van der Waals surface area contributed by atoms with Gasteiger partial charge in [-0.05, 0) is 86.8 Å². The Hall–Kier alpha value is -3.27. The second-order valence-corrected chi connectivity index (χ2v) is 9.91. The van der Waals surface area contributed by atoms with Crippen LogP contribution in [0.1, 0.15) is 55.4 Å². The molecule has 3 rings (SSSR count). The van der Waals surface area contributed by atoms with Crippen molar-refractivity contribution in [1.29, 1.82) is 0 Å². The van der Waals surface area contributed by atoms with E-state index in [4.69, 9.17) is 15.0 Å². The second kappa shape index (κ2) is 13.5. The van der Waals surface area contributed by atoms with E-state index in [9.17, 15) is 15.0 Å². The number of nitrogens with two attached hydrogens (primary N) is 1. The minimum Gasteiger partial charge on any atom is -0.490 e. The maximum atomic E-state index is 11.0. The van der Waals surface area contributed by atoms with Crippen molar-refractivity contribution >= 4 is 5.91 Å². The number of benzene rings is 2. The van der Waals surface area contributed by atoms with Gasteiger partial charge in [-0.2, -0.15) is 4.98 Å². The number of aliphatic hydroxyl groups is 2. The Morgan fingerprint density at radius 2 is 1.84 bits per heavy atom. The zero-order chi connectivity index (χ0) is 27.8. The van der Waals surface area contributed by atoms with E-state index in [1.54, 1.807) is 0 Å². The number of ether oxygens (including phenoxy) is 1. The molecular weight excluding hydrogens is 484 g/mol. The largest absolute Gasteiger partial charge is 0.490 e. The summed E-state index contributed by atoms with van der Waals surface area (Å²) in [5.41, 5.74) is 11.0. The van der Waals surface area contributed by atoms with E-state index in [1.165, 1.54) is 24.0 Å². The van der Waals surface area contributed by atoms with E-state index in [1.807, 2.05) is 32.0 Å². The van der Waals surface area contributed by atoms with Crippen molar-refractivity contribution in [3.63, 3.8) is 0 Å². The molecule has 0 fully saturated rings. The first-order chi connectivity index (χ1) is 18.1. The van der Waals surface area contributed by atoms with Crippen LogP contribution in [0.3, 0.4) is 0 Å². The summed E-state index contributed by atoms with van der Waals surface area (Å²) >= 11 is 0. The minimum absolute atomic E-state index is 0.0758. The summed E-state index contributed by atoms with van der Waals surface area (Å²) in [6.45, 7) is 10.1. The van der Waals surface area contributed by atoms with Gasteiger partial charge in [0.15, 0.2) is 0 Å². The van der Waals surface area contributed by atoms with Gasteiger partial charge in [0.1, 0.15) is 18.5 Å². The topological polar surface area (TPSA) is 135 Å². The molecule has 1 aromatic heterocycles. The number of hydrogen-bond acceptors (Lipinski definition) is 8. The maximum Gasteiger partial charge on any atom is 0.258 e. The average molecular weight is 525 g/mol. The monoisotopic (exact) mass is 524 g/mol. The molecule has 1 unspecified atom stereocenters. The van der Waals surface area contributed by atoms with Gasteiger partial charge < -0.3 is 30.1 Å². The van der Waals surface area contributed by atoms with E-state index < -0.39 is 18.1 Å². The van der Waals surface area contributed by atoms with Gasteiger partial charge in [0.25, 0.3) is 5.89 Å². The lowest BCUT2D eigenvalue weighted by Crippen LogP contribution is -2.33. The van der Waals surface area contributed by atoms with Gasteiger partial charge in [0, 0.05) is 24.1 Å². The molecule has 1 heterocycles. The van der Waals surface area contributed by atoms with Crippen LogP contribution in [-0.4, -0.2) is 63.6 Å². The van der Waals surface area contributed by atoms with Gasteiger partial charge in [-0.25, -0.2) is 0 Å². The van der Waals surface area contributed by atoms with Gasteiger partial charge in [-0.3, -0.25) is 4.79 Å². The summed E-state index contributed by atoms with van der Waals surface area (Å²) in [6, 6.07) is 10.1. The van der Waals surface area contributed by atoms with E-state index >= 15 is 0 Å². The molecule has 0 aliphatic rings. The number of primary amides is 1. The summed E-state index contributed by atoms with van der Waals surface area (Å²) < 4.78 is 11.5. The van der Waals surface area contributed by atoms with Crippen LogP contribution in [0.5, 0.6) is 5.75 Å². The van der Waals surface area contributed by atoms with Gasteiger partial charge in [0.2, 0.25) is 11.7 Å². The van der Waals surface area contributed by atoms with Crippen LogP contribution in [0.15, 0.2) is 34.9 Å². The number of rotatable bonds is 14. The molecule has 9 heteroatoms. The fraction of sp³-hybridized carbons (Fsp3) is 0.483. The Bertz CT molecular complexity index is 1230. The van der Waals surface area contributed by atoms with Crippen LogP contribution in [-0.2, 0) is 17.8 Å². The fourth-order valence-electron chi connectivity index (χ4n) is 4.33. The molecule has 206 valence electrons. The normalized spacial score (nSPS) is 13.1. The van der Waals surface area contributed by atoms with Gasteiger partial charge >= 0.3 is 0 Å². The molecule has 0 radical (unpaired) electrons. The molecule has 0 aliphatic heterocycles. The summed E-state index contributed by atoms with van der Waals surface area (Å²) in [5, 5.41) is 23.9. The Morgan fingerprint density at radius 3 is 2.50 bits per heavy atom. The molecule has 0 aliphatic carbocycles. The lowest BCUT2D eigenvalue weighted by atomic mass is 10.0. The third-order valence-electron chi connectivity index (χ3n) is 6.58. The molecule has 2 aromatic carbocycles. The third kappa shape index (κ3) is 7.63. The minimum atomic E-state index is -1.41. The van der Waals surface area contributed by atoms with Crippen LogP contribution in [0.25, 0.3) is 22.8 Å². The molecule has 2 atom stereocenters. The fourth-order valence-corrected chi connectivity index (χ4v) is 4.33. The number of hydrogen-bond donors (Lipinski definition) is 3. The highest BCUT2D eigenvalue weighted by Gasteiger charge is 2.19. The molecule has 0 bridgehead atoms. The molecule has 9 nitrogen and oxygen atoms in total. The van der Waals surface area contributed by atoms with Crippen molar-refractivity contribution in [2.75, 3.05) is 20.2 Å². The van der Waals surface area contributed by atoms with E-state index in [0.29, 0.717) is 23.9 Å². The molecule has 1 amide bonds.